The number of carbonyl (C=O) groups is 2. The van der Waals surface area contributed by atoms with E-state index in [0.29, 0.717) is 18.1 Å². The molecule has 0 atom stereocenters. The molecule has 0 aliphatic rings. The van der Waals surface area contributed by atoms with Crippen molar-refractivity contribution in [1.82, 2.24) is 10.5 Å². The first-order valence-corrected chi connectivity index (χ1v) is 6.70. The highest BCUT2D eigenvalue weighted by molar-refractivity contribution is 7.99. The largest absolute Gasteiger partial charge is 0.481 e. The lowest BCUT2D eigenvalue weighted by molar-refractivity contribution is -0.133. The molecule has 1 aromatic heterocycles. The summed E-state index contributed by atoms with van der Waals surface area (Å²) in [5.74, 6) is 0.279. The molecule has 1 amide bonds. The van der Waals surface area contributed by atoms with Crippen molar-refractivity contribution < 1.29 is 19.2 Å². The summed E-state index contributed by atoms with van der Waals surface area (Å²) in [6, 6.07) is 1.62. The minimum absolute atomic E-state index is 0.0390. The number of nitrogens with zero attached hydrogens (tertiary/aromatic N) is 1. The Kier molecular flexibility index (Phi) is 5.70. The molecule has 0 saturated carbocycles. The molecule has 0 aromatic carbocycles. The van der Waals surface area contributed by atoms with Crippen LogP contribution in [0.15, 0.2) is 10.6 Å². The Labute approximate surface area is 109 Å². The van der Waals surface area contributed by atoms with Gasteiger partial charge in [0.05, 0.1) is 5.75 Å². The van der Waals surface area contributed by atoms with E-state index in [2.05, 4.69) is 10.5 Å². The highest BCUT2D eigenvalue weighted by atomic mass is 32.2. The van der Waals surface area contributed by atoms with Crippen LogP contribution in [0.5, 0.6) is 0 Å². The molecule has 1 rings (SSSR count). The van der Waals surface area contributed by atoms with Gasteiger partial charge in [0.25, 0.3) is 5.91 Å². The summed E-state index contributed by atoms with van der Waals surface area (Å²) in [6.45, 7) is 4.30. The van der Waals surface area contributed by atoms with Gasteiger partial charge in [-0.1, -0.05) is 19.0 Å². The molecule has 100 valence electrons. The molecule has 18 heavy (non-hydrogen) atoms. The van der Waals surface area contributed by atoms with Crippen molar-refractivity contribution in [1.29, 1.82) is 0 Å². The normalized spacial score (nSPS) is 10.6. The van der Waals surface area contributed by atoms with Crippen LogP contribution in [-0.2, 0) is 4.79 Å². The van der Waals surface area contributed by atoms with Crippen molar-refractivity contribution in [3.05, 3.63) is 17.5 Å². The molecule has 0 aliphatic carbocycles. The predicted molar refractivity (Wildman–Crippen MR) is 67.9 cm³/mol. The Balaban J connectivity index is 2.29. The van der Waals surface area contributed by atoms with Gasteiger partial charge in [0.1, 0.15) is 5.76 Å². The SMILES string of the molecule is CC(C)c1cc(C(=O)NCCSCC(=O)O)no1. The van der Waals surface area contributed by atoms with Crippen LogP contribution in [0.1, 0.15) is 36.0 Å². The molecule has 0 unspecified atom stereocenters. The Morgan fingerprint density at radius 1 is 1.56 bits per heavy atom. The van der Waals surface area contributed by atoms with Crippen molar-refractivity contribution in [2.24, 2.45) is 0 Å². The molecule has 7 heteroatoms. The van der Waals surface area contributed by atoms with Gasteiger partial charge in [-0.2, -0.15) is 0 Å². The Morgan fingerprint density at radius 3 is 2.83 bits per heavy atom. The molecular weight excluding hydrogens is 256 g/mol. The van der Waals surface area contributed by atoms with E-state index in [4.69, 9.17) is 9.63 Å². The zero-order chi connectivity index (χ0) is 13.5. The predicted octanol–water partition coefficient (Wildman–Crippen LogP) is 1.35. The molecule has 0 radical (unpaired) electrons. The fourth-order valence-electron chi connectivity index (χ4n) is 1.16. The maximum Gasteiger partial charge on any atom is 0.313 e. The molecule has 1 aromatic rings. The third-order valence-electron chi connectivity index (χ3n) is 2.09. The lowest BCUT2D eigenvalue weighted by atomic mass is 10.1. The fraction of sp³-hybridized carbons (Fsp3) is 0.545. The van der Waals surface area contributed by atoms with Gasteiger partial charge in [-0.3, -0.25) is 9.59 Å². The van der Waals surface area contributed by atoms with Crippen molar-refractivity contribution in [2.75, 3.05) is 18.1 Å². The highest BCUT2D eigenvalue weighted by Crippen LogP contribution is 2.14. The zero-order valence-electron chi connectivity index (χ0n) is 10.3. The maximum absolute atomic E-state index is 11.6. The quantitative estimate of drug-likeness (QED) is 0.728. The third-order valence-corrected chi connectivity index (χ3v) is 3.03. The van der Waals surface area contributed by atoms with E-state index >= 15 is 0 Å². The summed E-state index contributed by atoms with van der Waals surface area (Å²) < 4.78 is 5.01. The number of rotatable bonds is 7. The molecular formula is C11H16N2O4S. The van der Waals surface area contributed by atoms with Gasteiger partial charge in [0.15, 0.2) is 5.69 Å². The Hall–Kier alpha value is -1.50. The number of carboxylic acid groups (broad SMARTS) is 1. The van der Waals surface area contributed by atoms with Crippen LogP contribution < -0.4 is 5.32 Å². The van der Waals surface area contributed by atoms with E-state index in [9.17, 15) is 9.59 Å². The fourth-order valence-corrected chi connectivity index (χ4v) is 1.72. The number of carbonyl (C=O) groups excluding carboxylic acids is 1. The summed E-state index contributed by atoms with van der Waals surface area (Å²) >= 11 is 1.25. The van der Waals surface area contributed by atoms with Gasteiger partial charge < -0.3 is 14.9 Å². The standard InChI is InChI=1S/C11H16N2O4S/c1-7(2)9-5-8(13-17-9)11(16)12-3-4-18-6-10(14)15/h5,7H,3-4,6H2,1-2H3,(H,12,16)(H,14,15). The number of hydrogen-bond donors (Lipinski definition) is 2. The Morgan fingerprint density at radius 2 is 2.28 bits per heavy atom. The lowest BCUT2D eigenvalue weighted by Gasteiger charge is -2.01. The summed E-state index contributed by atoms with van der Waals surface area (Å²) in [7, 11) is 0. The van der Waals surface area contributed by atoms with E-state index < -0.39 is 5.97 Å². The number of thioether (sulfide) groups is 1. The zero-order valence-corrected chi connectivity index (χ0v) is 11.1. The van der Waals surface area contributed by atoms with Crippen LogP contribution in [0.2, 0.25) is 0 Å². The van der Waals surface area contributed by atoms with Crippen LogP contribution in [0.3, 0.4) is 0 Å². The van der Waals surface area contributed by atoms with E-state index in [1.54, 1.807) is 6.07 Å². The minimum Gasteiger partial charge on any atom is -0.481 e. The van der Waals surface area contributed by atoms with Gasteiger partial charge in [0.2, 0.25) is 0 Å². The third kappa shape index (κ3) is 4.79. The van der Waals surface area contributed by atoms with Crippen molar-refractivity contribution in [3.63, 3.8) is 0 Å². The number of carboxylic acids is 1. The van der Waals surface area contributed by atoms with Gasteiger partial charge >= 0.3 is 5.97 Å². The topological polar surface area (TPSA) is 92.4 Å². The van der Waals surface area contributed by atoms with Gasteiger partial charge in [0, 0.05) is 24.3 Å². The molecule has 0 bridgehead atoms. The van der Waals surface area contributed by atoms with Gasteiger partial charge in [-0.15, -0.1) is 11.8 Å². The van der Waals surface area contributed by atoms with Crippen molar-refractivity contribution in [2.45, 2.75) is 19.8 Å². The van der Waals surface area contributed by atoms with Crippen LogP contribution >= 0.6 is 11.8 Å². The monoisotopic (exact) mass is 272 g/mol. The number of aliphatic carboxylic acids is 1. The second-order valence-corrected chi connectivity index (χ2v) is 5.08. The molecule has 0 fully saturated rings. The van der Waals surface area contributed by atoms with Crippen LogP contribution in [0.4, 0.5) is 0 Å². The summed E-state index contributed by atoms with van der Waals surface area (Å²) in [5, 5.41) is 14.8. The molecule has 0 saturated heterocycles. The lowest BCUT2D eigenvalue weighted by Crippen LogP contribution is -2.26. The van der Waals surface area contributed by atoms with E-state index in [1.807, 2.05) is 13.8 Å². The average Bonchev–Trinajstić information content (AvgIpc) is 2.77. The van der Waals surface area contributed by atoms with E-state index in [1.165, 1.54) is 11.8 Å². The van der Waals surface area contributed by atoms with Crippen LogP contribution in [0.25, 0.3) is 0 Å². The summed E-state index contributed by atoms with van der Waals surface area (Å²) in [6.07, 6.45) is 0. The van der Waals surface area contributed by atoms with Gasteiger partial charge in [-0.05, 0) is 0 Å². The average molecular weight is 272 g/mol. The Bertz CT molecular complexity index is 417. The minimum atomic E-state index is -0.857. The molecule has 0 aliphatic heterocycles. The van der Waals surface area contributed by atoms with Crippen molar-refractivity contribution >= 4 is 23.6 Å². The number of amides is 1. The summed E-state index contributed by atoms with van der Waals surface area (Å²) in [4.78, 5) is 21.9. The second kappa shape index (κ2) is 7.05. The molecule has 2 N–H and O–H groups in total. The molecule has 0 spiro atoms. The highest BCUT2D eigenvalue weighted by Gasteiger charge is 2.13. The first-order valence-electron chi connectivity index (χ1n) is 5.55. The number of aromatic nitrogens is 1. The second-order valence-electron chi connectivity index (χ2n) is 3.97. The maximum atomic E-state index is 11.6. The van der Waals surface area contributed by atoms with Crippen LogP contribution in [0, 0.1) is 0 Å². The summed E-state index contributed by atoms with van der Waals surface area (Å²) in [5.41, 5.74) is 0.252. The van der Waals surface area contributed by atoms with Crippen molar-refractivity contribution in [3.8, 4) is 0 Å². The first-order chi connectivity index (χ1) is 8.50. The van der Waals surface area contributed by atoms with Gasteiger partial charge in [-0.25, -0.2) is 0 Å². The molecule has 1 heterocycles. The van der Waals surface area contributed by atoms with Crippen LogP contribution in [-0.4, -0.2) is 40.2 Å². The number of hydrogen-bond acceptors (Lipinski definition) is 5. The number of nitrogens with one attached hydrogen (secondary N) is 1. The molecule has 6 nitrogen and oxygen atoms in total. The van der Waals surface area contributed by atoms with E-state index in [-0.39, 0.29) is 23.3 Å². The first kappa shape index (κ1) is 14.6. The van der Waals surface area contributed by atoms with E-state index in [0.717, 1.165) is 0 Å². The smallest absolute Gasteiger partial charge is 0.313 e.